The Bertz CT molecular complexity index is 390. The van der Waals surface area contributed by atoms with Crippen LogP contribution in [-0.4, -0.2) is 36.6 Å². The topological polar surface area (TPSA) is 28.2 Å². The third kappa shape index (κ3) is 5.49. The highest BCUT2D eigenvalue weighted by Gasteiger charge is 2.23. The first-order chi connectivity index (χ1) is 8.49. The molecule has 1 aromatic heterocycles. The zero-order valence-corrected chi connectivity index (χ0v) is 15.3. The molecule has 1 aliphatic rings. The van der Waals surface area contributed by atoms with Crippen LogP contribution in [0.3, 0.4) is 0 Å². The van der Waals surface area contributed by atoms with Crippen LogP contribution in [0.2, 0.25) is 0 Å². The molecular formula is C14H27Cl2N3S. The van der Waals surface area contributed by atoms with E-state index in [1.54, 1.807) is 0 Å². The zero-order chi connectivity index (χ0) is 13.2. The molecule has 3 nitrogen and oxygen atoms in total. The van der Waals surface area contributed by atoms with Crippen LogP contribution < -0.4 is 5.32 Å². The molecule has 1 N–H and O–H groups in total. The summed E-state index contributed by atoms with van der Waals surface area (Å²) in [5, 5.41) is 6.77. The number of halogens is 2. The lowest BCUT2D eigenvalue weighted by Crippen LogP contribution is -2.24. The molecule has 20 heavy (non-hydrogen) atoms. The Balaban J connectivity index is 0.00000180. The van der Waals surface area contributed by atoms with Crippen molar-refractivity contribution in [1.29, 1.82) is 0 Å². The number of nitrogens with one attached hydrogen (secondary N) is 1. The van der Waals surface area contributed by atoms with Crippen molar-refractivity contribution in [2.24, 2.45) is 5.92 Å². The first-order valence-electron chi connectivity index (χ1n) is 6.81. The molecule has 2 heterocycles. The monoisotopic (exact) mass is 339 g/mol. The first-order valence-corrected chi connectivity index (χ1v) is 7.69. The Morgan fingerprint density at radius 3 is 2.65 bits per heavy atom. The van der Waals surface area contributed by atoms with Crippen molar-refractivity contribution < 1.29 is 0 Å². The summed E-state index contributed by atoms with van der Waals surface area (Å²) in [6.07, 6.45) is 1.32. The van der Waals surface area contributed by atoms with Gasteiger partial charge in [0.2, 0.25) is 0 Å². The van der Waals surface area contributed by atoms with Gasteiger partial charge in [-0.2, -0.15) is 0 Å². The minimum Gasteiger partial charge on any atom is -0.319 e. The second kappa shape index (κ2) is 8.54. The Kier molecular flexibility index (Phi) is 8.60. The van der Waals surface area contributed by atoms with Gasteiger partial charge in [-0.05, 0) is 32.5 Å². The van der Waals surface area contributed by atoms with Crippen molar-refractivity contribution in [3.63, 3.8) is 0 Å². The molecule has 6 heteroatoms. The van der Waals surface area contributed by atoms with E-state index in [2.05, 4.69) is 36.4 Å². The molecule has 118 valence electrons. The molecule has 0 aromatic carbocycles. The van der Waals surface area contributed by atoms with Gasteiger partial charge in [0.25, 0.3) is 0 Å². The van der Waals surface area contributed by atoms with E-state index in [1.807, 2.05) is 18.4 Å². The SMILES string of the molecule is CNCC1CCN(Cc2nc(C(C)(C)C)cs2)C1.Cl.Cl. The standard InChI is InChI=1S/C14H25N3S.2ClH/c1-14(2,3)12-10-18-13(16-12)9-17-6-5-11(8-17)7-15-4;;/h10-11,15H,5-9H2,1-4H3;2*1H. The summed E-state index contributed by atoms with van der Waals surface area (Å²) < 4.78 is 0. The van der Waals surface area contributed by atoms with Crippen molar-refractivity contribution in [3.05, 3.63) is 16.1 Å². The van der Waals surface area contributed by atoms with E-state index < -0.39 is 0 Å². The van der Waals surface area contributed by atoms with E-state index in [1.165, 1.54) is 30.2 Å². The zero-order valence-electron chi connectivity index (χ0n) is 12.8. The Hall–Kier alpha value is 0.130. The molecule has 0 spiro atoms. The van der Waals surface area contributed by atoms with E-state index >= 15 is 0 Å². The van der Waals surface area contributed by atoms with Crippen molar-refractivity contribution in [2.75, 3.05) is 26.7 Å². The predicted molar refractivity (Wildman–Crippen MR) is 92.6 cm³/mol. The summed E-state index contributed by atoms with van der Waals surface area (Å²) >= 11 is 1.81. The second-order valence-electron chi connectivity index (χ2n) is 6.32. The van der Waals surface area contributed by atoms with Gasteiger partial charge in [0.1, 0.15) is 5.01 Å². The highest BCUT2D eigenvalue weighted by molar-refractivity contribution is 7.09. The van der Waals surface area contributed by atoms with Gasteiger partial charge < -0.3 is 5.32 Å². The smallest absolute Gasteiger partial charge is 0.107 e. The van der Waals surface area contributed by atoms with Crippen LogP contribution >= 0.6 is 36.2 Å². The maximum absolute atomic E-state index is 4.78. The summed E-state index contributed by atoms with van der Waals surface area (Å²) in [7, 11) is 2.04. The molecule has 2 rings (SSSR count). The van der Waals surface area contributed by atoms with Crippen LogP contribution in [0.1, 0.15) is 37.9 Å². The van der Waals surface area contributed by atoms with Gasteiger partial charge in [-0.3, -0.25) is 4.90 Å². The molecule has 1 saturated heterocycles. The fourth-order valence-electron chi connectivity index (χ4n) is 2.43. The molecule has 0 saturated carbocycles. The first kappa shape index (κ1) is 20.1. The molecule has 0 aliphatic carbocycles. The minimum absolute atomic E-state index is 0. The van der Waals surface area contributed by atoms with Crippen molar-refractivity contribution in [2.45, 2.75) is 39.2 Å². The van der Waals surface area contributed by atoms with Crippen LogP contribution in [0.25, 0.3) is 0 Å². The van der Waals surface area contributed by atoms with E-state index in [0.717, 1.165) is 19.0 Å². The van der Waals surface area contributed by atoms with E-state index in [9.17, 15) is 0 Å². The normalized spacial score (nSPS) is 19.5. The highest BCUT2D eigenvalue weighted by Crippen LogP contribution is 2.25. The Labute approximate surface area is 139 Å². The van der Waals surface area contributed by atoms with Crippen molar-refractivity contribution >= 4 is 36.2 Å². The summed E-state index contributed by atoms with van der Waals surface area (Å²) in [5.74, 6) is 0.817. The minimum atomic E-state index is 0. The van der Waals surface area contributed by atoms with E-state index in [0.29, 0.717) is 0 Å². The number of hydrogen-bond donors (Lipinski definition) is 1. The van der Waals surface area contributed by atoms with Crippen molar-refractivity contribution in [1.82, 2.24) is 15.2 Å². The fraction of sp³-hybridized carbons (Fsp3) is 0.786. The summed E-state index contributed by atoms with van der Waals surface area (Å²) in [4.78, 5) is 7.31. The van der Waals surface area contributed by atoms with Gasteiger partial charge in [-0.1, -0.05) is 20.8 Å². The largest absolute Gasteiger partial charge is 0.319 e. The van der Waals surface area contributed by atoms with Crippen LogP contribution in [0.5, 0.6) is 0 Å². The molecule has 1 fully saturated rings. The van der Waals surface area contributed by atoms with Crippen LogP contribution in [-0.2, 0) is 12.0 Å². The molecule has 1 atom stereocenters. The van der Waals surface area contributed by atoms with Gasteiger partial charge in [0.15, 0.2) is 0 Å². The van der Waals surface area contributed by atoms with Crippen LogP contribution in [0.4, 0.5) is 0 Å². The molecule has 0 radical (unpaired) electrons. The highest BCUT2D eigenvalue weighted by atomic mass is 35.5. The summed E-state index contributed by atoms with van der Waals surface area (Å²) in [6.45, 7) is 11.3. The predicted octanol–water partition coefficient (Wildman–Crippen LogP) is 3.33. The quantitative estimate of drug-likeness (QED) is 0.911. The molecule has 0 bridgehead atoms. The Morgan fingerprint density at radius 2 is 2.10 bits per heavy atom. The number of hydrogen-bond acceptors (Lipinski definition) is 4. The summed E-state index contributed by atoms with van der Waals surface area (Å²) in [6, 6.07) is 0. The number of likely N-dealkylation sites (tertiary alicyclic amines) is 1. The molecule has 1 unspecified atom stereocenters. The second-order valence-corrected chi connectivity index (χ2v) is 7.27. The average molecular weight is 340 g/mol. The van der Waals surface area contributed by atoms with Crippen LogP contribution in [0, 0.1) is 5.92 Å². The van der Waals surface area contributed by atoms with E-state index in [-0.39, 0.29) is 30.2 Å². The van der Waals surface area contributed by atoms with Crippen LogP contribution in [0.15, 0.2) is 5.38 Å². The maximum atomic E-state index is 4.78. The third-order valence-corrected chi connectivity index (χ3v) is 4.38. The summed E-state index contributed by atoms with van der Waals surface area (Å²) in [5.41, 5.74) is 1.41. The third-order valence-electron chi connectivity index (χ3n) is 3.54. The van der Waals surface area contributed by atoms with Gasteiger partial charge in [0, 0.05) is 17.3 Å². The lowest BCUT2D eigenvalue weighted by atomic mass is 9.93. The molecule has 1 aliphatic heterocycles. The molecular weight excluding hydrogens is 313 g/mol. The van der Waals surface area contributed by atoms with Gasteiger partial charge in [-0.15, -0.1) is 36.2 Å². The number of rotatable bonds is 4. The van der Waals surface area contributed by atoms with Crippen molar-refractivity contribution in [3.8, 4) is 0 Å². The number of thiazole rings is 1. The number of nitrogens with zero attached hydrogens (tertiary/aromatic N) is 2. The maximum Gasteiger partial charge on any atom is 0.107 e. The molecule has 1 aromatic rings. The molecule has 0 amide bonds. The lowest BCUT2D eigenvalue weighted by molar-refractivity contribution is 0.314. The van der Waals surface area contributed by atoms with Gasteiger partial charge in [0.05, 0.1) is 12.2 Å². The van der Waals surface area contributed by atoms with E-state index in [4.69, 9.17) is 4.98 Å². The van der Waals surface area contributed by atoms with Gasteiger partial charge in [-0.25, -0.2) is 4.98 Å². The lowest BCUT2D eigenvalue weighted by Gasteiger charge is -2.16. The Morgan fingerprint density at radius 1 is 1.40 bits per heavy atom. The average Bonchev–Trinajstić information content (AvgIpc) is 2.88. The number of aromatic nitrogens is 1. The van der Waals surface area contributed by atoms with Gasteiger partial charge >= 0.3 is 0 Å². The fourth-order valence-corrected chi connectivity index (χ4v) is 3.49.